The molecule has 0 radical (unpaired) electrons. The Hall–Kier alpha value is -1.36. The van der Waals surface area contributed by atoms with Crippen molar-refractivity contribution in [3.8, 4) is 0 Å². The minimum absolute atomic E-state index is 0.135. The number of amides is 1. The highest BCUT2D eigenvalue weighted by Gasteiger charge is 2.13. The lowest BCUT2D eigenvalue weighted by Gasteiger charge is -2.09. The van der Waals surface area contributed by atoms with Crippen molar-refractivity contribution in [2.75, 3.05) is 5.32 Å². The van der Waals surface area contributed by atoms with Gasteiger partial charge in [0.05, 0.1) is 17.9 Å². The summed E-state index contributed by atoms with van der Waals surface area (Å²) in [6.45, 7) is 4.86. The molecular formula is C11H20N4O. The van der Waals surface area contributed by atoms with Crippen LogP contribution in [0, 0.1) is 0 Å². The number of anilines is 1. The molecule has 0 saturated heterocycles. The maximum Gasteiger partial charge on any atom is 0.241 e. The summed E-state index contributed by atoms with van der Waals surface area (Å²) in [6, 6.07) is -0.426. The number of carbonyl (C=O) groups is 1. The van der Waals surface area contributed by atoms with Crippen LogP contribution < -0.4 is 11.1 Å². The Balaban J connectivity index is 2.44. The summed E-state index contributed by atoms with van der Waals surface area (Å²) in [4.78, 5) is 11.6. The first-order valence-corrected chi connectivity index (χ1v) is 5.76. The van der Waals surface area contributed by atoms with Crippen molar-refractivity contribution in [3.05, 3.63) is 12.4 Å². The van der Waals surface area contributed by atoms with Gasteiger partial charge in [-0.3, -0.25) is 9.48 Å². The number of unbranched alkanes of at least 4 members (excludes halogenated alkanes) is 1. The zero-order valence-corrected chi connectivity index (χ0v) is 9.94. The van der Waals surface area contributed by atoms with Gasteiger partial charge in [-0.15, -0.1) is 0 Å². The number of nitrogens with one attached hydrogen (secondary N) is 1. The van der Waals surface area contributed by atoms with Gasteiger partial charge in [0.15, 0.2) is 0 Å². The fourth-order valence-corrected chi connectivity index (χ4v) is 1.39. The second-order valence-electron chi connectivity index (χ2n) is 3.82. The first-order chi connectivity index (χ1) is 7.67. The second-order valence-corrected chi connectivity index (χ2v) is 3.82. The van der Waals surface area contributed by atoms with Crippen LogP contribution in [0.25, 0.3) is 0 Å². The molecular weight excluding hydrogens is 204 g/mol. The van der Waals surface area contributed by atoms with E-state index >= 15 is 0 Å². The van der Waals surface area contributed by atoms with Crippen molar-refractivity contribution in [2.45, 2.75) is 45.7 Å². The molecule has 0 aliphatic rings. The molecule has 0 aliphatic carbocycles. The van der Waals surface area contributed by atoms with E-state index in [4.69, 9.17) is 5.73 Å². The maximum absolute atomic E-state index is 11.6. The molecule has 0 saturated carbocycles. The summed E-state index contributed by atoms with van der Waals surface area (Å²) in [6.07, 6.45) is 6.18. The maximum atomic E-state index is 11.6. The average Bonchev–Trinajstić information content (AvgIpc) is 2.73. The number of rotatable bonds is 6. The smallest absolute Gasteiger partial charge is 0.241 e. The SMILES string of the molecule is CCCC[C@H](N)C(=O)Nc1cnn(CC)c1. The highest BCUT2D eigenvalue weighted by molar-refractivity contribution is 5.94. The van der Waals surface area contributed by atoms with Gasteiger partial charge in [-0.25, -0.2) is 0 Å². The molecule has 0 spiro atoms. The van der Waals surface area contributed by atoms with Crippen molar-refractivity contribution in [1.82, 2.24) is 9.78 Å². The summed E-state index contributed by atoms with van der Waals surface area (Å²) < 4.78 is 1.76. The lowest BCUT2D eigenvalue weighted by atomic mass is 10.1. The molecule has 5 heteroatoms. The van der Waals surface area contributed by atoms with E-state index in [1.54, 1.807) is 17.1 Å². The van der Waals surface area contributed by atoms with Crippen LogP contribution in [-0.4, -0.2) is 21.7 Å². The van der Waals surface area contributed by atoms with Crippen molar-refractivity contribution < 1.29 is 4.79 Å². The first-order valence-electron chi connectivity index (χ1n) is 5.76. The highest BCUT2D eigenvalue weighted by atomic mass is 16.2. The van der Waals surface area contributed by atoms with E-state index in [-0.39, 0.29) is 5.91 Å². The number of aromatic nitrogens is 2. The fourth-order valence-electron chi connectivity index (χ4n) is 1.39. The molecule has 90 valence electrons. The van der Waals surface area contributed by atoms with Crippen molar-refractivity contribution in [3.63, 3.8) is 0 Å². The number of carbonyl (C=O) groups excluding carboxylic acids is 1. The van der Waals surface area contributed by atoms with Gasteiger partial charge in [-0.1, -0.05) is 19.8 Å². The fraction of sp³-hybridized carbons (Fsp3) is 0.636. The summed E-state index contributed by atoms with van der Waals surface area (Å²) >= 11 is 0. The van der Waals surface area contributed by atoms with Gasteiger partial charge >= 0.3 is 0 Å². The van der Waals surface area contributed by atoms with Gasteiger partial charge in [0, 0.05) is 12.7 Å². The number of nitrogens with two attached hydrogens (primary N) is 1. The molecule has 16 heavy (non-hydrogen) atoms. The quantitative estimate of drug-likeness (QED) is 0.766. The average molecular weight is 224 g/mol. The number of hydrogen-bond acceptors (Lipinski definition) is 3. The predicted octanol–water partition coefficient (Wildman–Crippen LogP) is 1.36. The minimum atomic E-state index is -0.426. The summed E-state index contributed by atoms with van der Waals surface area (Å²) in [5, 5.41) is 6.83. The number of aryl methyl sites for hydroxylation is 1. The Morgan fingerprint density at radius 3 is 2.94 bits per heavy atom. The molecule has 1 rings (SSSR count). The lowest BCUT2D eigenvalue weighted by Crippen LogP contribution is -2.35. The predicted molar refractivity (Wildman–Crippen MR) is 64.0 cm³/mol. The molecule has 3 N–H and O–H groups in total. The molecule has 0 bridgehead atoms. The highest BCUT2D eigenvalue weighted by Crippen LogP contribution is 2.06. The monoisotopic (exact) mass is 224 g/mol. The summed E-state index contributed by atoms with van der Waals surface area (Å²) in [5.41, 5.74) is 6.46. The number of hydrogen-bond donors (Lipinski definition) is 2. The molecule has 0 aliphatic heterocycles. The Morgan fingerprint density at radius 1 is 1.62 bits per heavy atom. The molecule has 0 unspecified atom stereocenters. The summed E-state index contributed by atoms with van der Waals surface area (Å²) in [5.74, 6) is -0.135. The minimum Gasteiger partial charge on any atom is -0.322 e. The molecule has 1 aromatic heterocycles. The van der Waals surface area contributed by atoms with Gasteiger partial charge in [0.1, 0.15) is 0 Å². The number of nitrogens with zero attached hydrogens (tertiary/aromatic N) is 2. The topological polar surface area (TPSA) is 72.9 Å². The molecule has 5 nitrogen and oxygen atoms in total. The van der Waals surface area contributed by atoms with Crippen molar-refractivity contribution in [1.29, 1.82) is 0 Å². The molecule has 1 amide bonds. The Bertz CT molecular complexity index is 334. The molecule has 1 heterocycles. The van der Waals surface area contributed by atoms with Gasteiger partial charge in [0.2, 0.25) is 5.91 Å². The Morgan fingerprint density at radius 2 is 2.38 bits per heavy atom. The van der Waals surface area contributed by atoms with Gasteiger partial charge in [-0.2, -0.15) is 5.10 Å². The van der Waals surface area contributed by atoms with Crippen LogP contribution in [0.2, 0.25) is 0 Å². The largest absolute Gasteiger partial charge is 0.322 e. The van der Waals surface area contributed by atoms with E-state index in [0.717, 1.165) is 25.8 Å². The zero-order valence-electron chi connectivity index (χ0n) is 9.94. The Kier molecular flexibility index (Phi) is 4.98. The van der Waals surface area contributed by atoms with Gasteiger partial charge < -0.3 is 11.1 Å². The van der Waals surface area contributed by atoms with E-state index in [2.05, 4.69) is 17.3 Å². The normalized spacial score (nSPS) is 12.4. The summed E-state index contributed by atoms with van der Waals surface area (Å²) in [7, 11) is 0. The van der Waals surface area contributed by atoms with E-state index in [0.29, 0.717) is 5.69 Å². The van der Waals surface area contributed by atoms with Gasteiger partial charge in [-0.05, 0) is 13.3 Å². The first kappa shape index (κ1) is 12.7. The standard InChI is InChI=1S/C11H20N4O/c1-3-5-6-10(12)11(16)14-9-7-13-15(4-2)8-9/h7-8,10H,3-6,12H2,1-2H3,(H,14,16)/t10-/m0/s1. The van der Waals surface area contributed by atoms with E-state index < -0.39 is 6.04 Å². The van der Waals surface area contributed by atoms with E-state index in [9.17, 15) is 4.79 Å². The third kappa shape index (κ3) is 3.66. The Labute approximate surface area is 96.0 Å². The second kappa shape index (κ2) is 6.27. The van der Waals surface area contributed by atoms with Crippen LogP contribution >= 0.6 is 0 Å². The zero-order chi connectivity index (χ0) is 12.0. The van der Waals surface area contributed by atoms with Crippen molar-refractivity contribution in [2.24, 2.45) is 5.73 Å². The van der Waals surface area contributed by atoms with Crippen LogP contribution in [0.5, 0.6) is 0 Å². The van der Waals surface area contributed by atoms with Crippen LogP contribution in [0.1, 0.15) is 33.1 Å². The molecule has 1 atom stereocenters. The van der Waals surface area contributed by atoms with Crippen molar-refractivity contribution >= 4 is 11.6 Å². The molecule has 1 aromatic rings. The van der Waals surface area contributed by atoms with Crippen LogP contribution in [0.4, 0.5) is 5.69 Å². The van der Waals surface area contributed by atoms with Crippen LogP contribution in [0.3, 0.4) is 0 Å². The molecule has 0 fully saturated rings. The molecule has 0 aromatic carbocycles. The van der Waals surface area contributed by atoms with Crippen LogP contribution in [0.15, 0.2) is 12.4 Å². The van der Waals surface area contributed by atoms with Crippen LogP contribution in [-0.2, 0) is 11.3 Å². The lowest BCUT2D eigenvalue weighted by molar-refractivity contribution is -0.117. The van der Waals surface area contributed by atoms with E-state index in [1.807, 2.05) is 6.92 Å². The van der Waals surface area contributed by atoms with E-state index in [1.165, 1.54) is 0 Å². The van der Waals surface area contributed by atoms with Gasteiger partial charge in [0.25, 0.3) is 0 Å². The third-order valence-electron chi connectivity index (χ3n) is 2.43. The third-order valence-corrected chi connectivity index (χ3v) is 2.43.